The van der Waals surface area contributed by atoms with Crippen LogP contribution in [0.15, 0.2) is 18.2 Å². The van der Waals surface area contributed by atoms with Crippen molar-refractivity contribution in [2.24, 2.45) is 5.73 Å². The third-order valence-corrected chi connectivity index (χ3v) is 5.68. The molecule has 0 radical (unpaired) electrons. The Morgan fingerprint density at radius 3 is 2.77 bits per heavy atom. The molecular formula is C19H30N2O. The van der Waals surface area contributed by atoms with E-state index in [2.05, 4.69) is 36.9 Å². The Balaban J connectivity index is 1.72. The van der Waals surface area contributed by atoms with Crippen molar-refractivity contribution in [2.75, 3.05) is 32.8 Å². The topological polar surface area (TPSA) is 38.5 Å². The molecule has 0 amide bonds. The third kappa shape index (κ3) is 2.89. The summed E-state index contributed by atoms with van der Waals surface area (Å²) in [6.07, 6.45) is 5.04. The van der Waals surface area contributed by atoms with Crippen LogP contribution in [0, 0.1) is 0 Å². The van der Waals surface area contributed by atoms with E-state index in [4.69, 9.17) is 10.5 Å². The summed E-state index contributed by atoms with van der Waals surface area (Å²) in [6, 6.07) is 6.65. The Morgan fingerprint density at radius 1 is 1.27 bits per heavy atom. The molecule has 1 aromatic carbocycles. The summed E-state index contributed by atoms with van der Waals surface area (Å²) in [7, 11) is 0. The highest BCUT2D eigenvalue weighted by atomic mass is 16.5. The first-order valence-corrected chi connectivity index (χ1v) is 8.85. The Bertz CT molecular complexity index is 510. The SMILES string of the molecule is CC1c2ccc(OCCCN)cc2C1(C)CN1CCCCC1. The molecular weight excluding hydrogens is 272 g/mol. The van der Waals surface area contributed by atoms with Crippen LogP contribution in [0.25, 0.3) is 0 Å². The summed E-state index contributed by atoms with van der Waals surface area (Å²) in [5.74, 6) is 1.64. The lowest BCUT2D eigenvalue weighted by molar-refractivity contribution is 0.154. The molecule has 1 heterocycles. The predicted octanol–water partition coefficient (Wildman–Crippen LogP) is 3.27. The van der Waals surface area contributed by atoms with E-state index in [1.165, 1.54) is 50.0 Å². The van der Waals surface area contributed by atoms with E-state index in [0.717, 1.165) is 12.2 Å². The van der Waals surface area contributed by atoms with E-state index in [0.29, 0.717) is 19.1 Å². The van der Waals surface area contributed by atoms with E-state index in [9.17, 15) is 0 Å². The highest BCUT2D eigenvalue weighted by molar-refractivity contribution is 5.52. The fraction of sp³-hybridized carbons (Fsp3) is 0.684. The number of rotatable bonds is 6. The Hall–Kier alpha value is -1.06. The fourth-order valence-electron chi connectivity index (χ4n) is 4.07. The summed E-state index contributed by atoms with van der Waals surface area (Å²) in [4.78, 5) is 2.66. The van der Waals surface area contributed by atoms with Crippen LogP contribution in [0.4, 0.5) is 0 Å². The van der Waals surface area contributed by atoms with Gasteiger partial charge >= 0.3 is 0 Å². The highest BCUT2D eigenvalue weighted by Gasteiger charge is 2.46. The number of piperidine rings is 1. The molecule has 122 valence electrons. The lowest BCUT2D eigenvalue weighted by Gasteiger charge is -2.50. The van der Waals surface area contributed by atoms with E-state index in [-0.39, 0.29) is 5.41 Å². The summed E-state index contributed by atoms with van der Waals surface area (Å²) in [5.41, 5.74) is 8.82. The van der Waals surface area contributed by atoms with E-state index < -0.39 is 0 Å². The first-order chi connectivity index (χ1) is 10.6. The molecule has 2 unspecified atom stereocenters. The van der Waals surface area contributed by atoms with Crippen molar-refractivity contribution in [2.45, 2.75) is 50.9 Å². The van der Waals surface area contributed by atoms with Crippen molar-refractivity contribution in [1.29, 1.82) is 0 Å². The maximum Gasteiger partial charge on any atom is 0.119 e. The average Bonchev–Trinajstić information content (AvgIpc) is 2.55. The quantitative estimate of drug-likeness (QED) is 0.820. The standard InChI is InChI=1S/C19H30N2O/c1-15-17-8-7-16(22-12-6-9-20)13-18(17)19(15,2)14-21-10-4-3-5-11-21/h7-8,13,15H,3-6,9-12,14,20H2,1-2H3. The summed E-state index contributed by atoms with van der Waals surface area (Å²) in [5, 5.41) is 0. The van der Waals surface area contributed by atoms with Gasteiger partial charge in [-0.2, -0.15) is 0 Å². The van der Waals surface area contributed by atoms with Gasteiger partial charge in [0.05, 0.1) is 6.61 Å². The molecule has 0 saturated carbocycles. The number of benzene rings is 1. The smallest absolute Gasteiger partial charge is 0.119 e. The van der Waals surface area contributed by atoms with Crippen molar-refractivity contribution in [3.05, 3.63) is 29.3 Å². The Labute approximate surface area is 134 Å². The second kappa shape index (κ2) is 6.59. The second-order valence-corrected chi connectivity index (χ2v) is 7.22. The van der Waals surface area contributed by atoms with E-state index in [1.54, 1.807) is 0 Å². The van der Waals surface area contributed by atoms with Crippen molar-refractivity contribution >= 4 is 0 Å². The van der Waals surface area contributed by atoms with Crippen LogP contribution < -0.4 is 10.5 Å². The molecule has 1 aliphatic heterocycles. The van der Waals surface area contributed by atoms with Gasteiger partial charge in [-0.15, -0.1) is 0 Å². The third-order valence-electron chi connectivity index (χ3n) is 5.68. The van der Waals surface area contributed by atoms with E-state index in [1.807, 2.05) is 0 Å². The van der Waals surface area contributed by atoms with Crippen LogP contribution in [0.3, 0.4) is 0 Å². The Morgan fingerprint density at radius 2 is 2.05 bits per heavy atom. The zero-order valence-corrected chi connectivity index (χ0v) is 14.1. The number of ether oxygens (including phenoxy) is 1. The van der Waals surface area contributed by atoms with Gasteiger partial charge in [0, 0.05) is 12.0 Å². The number of nitrogens with zero attached hydrogens (tertiary/aromatic N) is 1. The van der Waals surface area contributed by atoms with Gasteiger partial charge in [0.2, 0.25) is 0 Å². The zero-order valence-electron chi connectivity index (χ0n) is 14.1. The van der Waals surface area contributed by atoms with E-state index >= 15 is 0 Å². The molecule has 0 spiro atoms. The normalized spacial score (nSPS) is 28.0. The van der Waals surface area contributed by atoms with Gasteiger partial charge in [0.1, 0.15) is 5.75 Å². The molecule has 1 fully saturated rings. The molecule has 2 N–H and O–H groups in total. The molecule has 0 bridgehead atoms. The van der Waals surface area contributed by atoms with Gasteiger partial charge in [-0.3, -0.25) is 0 Å². The lowest BCUT2D eigenvalue weighted by atomic mass is 9.57. The largest absolute Gasteiger partial charge is 0.494 e. The highest BCUT2D eigenvalue weighted by Crippen LogP contribution is 2.52. The molecule has 1 aliphatic carbocycles. The van der Waals surface area contributed by atoms with Crippen molar-refractivity contribution in [3.8, 4) is 5.75 Å². The van der Waals surface area contributed by atoms with Gasteiger partial charge < -0.3 is 15.4 Å². The second-order valence-electron chi connectivity index (χ2n) is 7.22. The molecule has 2 aliphatic rings. The summed E-state index contributed by atoms with van der Waals surface area (Å²) in [6.45, 7) is 9.93. The minimum absolute atomic E-state index is 0.278. The van der Waals surface area contributed by atoms with Crippen LogP contribution in [0.1, 0.15) is 56.6 Å². The van der Waals surface area contributed by atoms with Crippen molar-refractivity contribution in [1.82, 2.24) is 4.90 Å². The maximum atomic E-state index is 5.84. The Kier molecular flexibility index (Phi) is 4.74. The van der Waals surface area contributed by atoms with Crippen LogP contribution in [-0.4, -0.2) is 37.7 Å². The first-order valence-electron chi connectivity index (χ1n) is 8.85. The molecule has 1 saturated heterocycles. The van der Waals surface area contributed by atoms with Gasteiger partial charge in [0.15, 0.2) is 0 Å². The van der Waals surface area contributed by atoms with Gasteiger partial charge in [0.25, 0.3) is 0 Å². The monoisotopic (exact) mass is 302 g/mol. The number of fused-ring (bicyclic) bond motifs is 1. The number of nitrogens with two attached hydrogens (primary N) is 1. The molecule has 3 heteroatoms. The minimum atomic E-state index is 0.278. The summed E-state index contributed by atoms with van der Waals surface area (Å²) >= 11 is 0. The van der Waals surface area contributed by atoms with Crippen molar-refractivity contribution < 1.29 is 4.74 Å². The molecule has 3 nitrogen and oxygen atoms in total. The van der Waals surface area contributed by atoms with Gasteiger partial charge in [-0.05, 0) is 68.1 Å². The fourth-order valence-corrected chi connectivity index (χ4v) is 4.07. The lowest BCUT2D eigenvalue weighted by Crippen LogP contribution is -2.49. The van der Waals surface area contributed by atoms with Crippen LogP contribution in [0.2, 0.25) is 0 Å². The van der Waals surface area contributed by atoms with Crippen LogP contribution >= 0.6 is 0 Å². The first kappa shape index (κ1) is 15.8. The predicted molar refractivity (Wildman–Crippen MR) is 91.7 cm³/mol. The van der Waals surface area contributed by atoms with Crippen LogP contribution in [0.5, 0.6) is 5.75 Å². The number of hydrogen-bond acceptors (Lipinski definition) is 3. The molecule has 3 rings (SSSR count). The number of likely N-dealkylation sites (tertiary alicyclic amines) is 1. The zero-order chi connectivity index (χ0) is 15.6. The van der Waals surface area contributed by atoms with Crippen LogP contribution in [-0.2, 0) is 5.41 Å². The average molecular weight is 302 g/mol. The van der Waals surface area contributed by atoms with Gasteiger partial charge in [-0.25, -0.2) is 0 Å². The van der Waals surface area contributed by atoms with Crippen molar-refractivity contribution in [3.63, 3.8) is 0 Å². The molecule has 1 aromatic rings. The molecule has 0 aromatic heterocycles. The molecule has 2 atom stereocenters. The minimum Gasteiger partial charge on any atom is -0.494 e. The van der Waals surface area contributed by atoms with Gasteiger partial charge in [-0.1, -0.05) is 26.3 Å². The summed E-state index contributed by atoms with van der Waals surface area (Å²) < 4.78 is 5.84. The number of hydrogen-bond donors (Lipinski definition) is 1. The maximum absolute atomic E-state index is 5.84. The molecule has 22 heavy (non-hydrogen) atoms.